The van der Waals surface area contributed by atoms with Crippen molar-refractivity contribution in [2.24, 2.45) is 62.1 Å². The zero-order chi connectivity index (χ0) is 48.2. The van der Waals surface area contributed by atoms with Crippen LogP contribution >= 0.6 is 0 Å². The van der Waals surface area contributed by atoms with Gasteiger partial charge in [-0.2, -0.15) is 0 Å². The molecule has 0 heterocycles. The molecule has 4 aliphatic rings. The average Bonchev–Trinajstić information content (AvgIpc) is 3.61. The molecule has 0 aromatic heterocycles. The van der Waals surface area contributed by atoms with Gasteiger partial charge in [0.15, 0.2) is 0 Å². The van der Waals surface area contributed by atoms with Crippen LogP contribution in [0.4, 0.5) is 8.78 Å². The summed E-state index contributed by atoms with van der Waals surface area (Å²) in [5.74, 6) is 0.259. The summed E-state index contributed by atoms with van der Waals surface area (Å²) in [6.07, 6.45) is 42.5. The quantitative estimate of drug-likeness (QED) is 0.228. The zero-order valence-corrected chi connectivity index (χ0v) is 44.9. The third kappa shape index (κ3) is 35.0. The van der Waals surface area contributed by atoms with Gasteiger partial charge in [-0.15, -0.1) is 0 Å². The van der Waals surface area contributed by atoms with Gasteiger partial charge in [-0.3, -0.25) is 0 Å². The normalized spacial score (nSPS) is 21.5. The van der Waals surface area contributed by atoms with Gasteiger partial charge in [-0.1, -0.05) is 261 Å². The topological polar surface area (TPSA) is 0 Å². The van der Waals surface area contributed by atoms with Crippen molar-refractivity contribution < 1.29 is 8.78 Å². The fraction of sp³-hybridized carbons (Fsp3) is 0.742. The number of rotatable bonds is 8. The second-order valence-electron chi connectivity index (χ2n) is 26.4. The van der Waals surface area contributed by atoms with Crippen molar-refractivity contribution in [3.05, 3.63) is 96.7 Å². The predicted octanol–water partition coefficient (Wildman–Crippen LogP) is 21.1. The molecule has 370 valence electrons. The number of alkyl halides is 2. The first-order valence-electron chi connectivity index (χ1n) is 25.6. The Kier molecular flexibility index (Phi) is 27.2. The molecule has 0 N–H and O–H groups in total. The highest BCUT2D eigenvalue weighted by molar-refractivity contribution is 5.18. The monoisotopic (exact) mass is 891 g/mol. The van der Waals surface area contributed by atoms with Crippen molar-refractivity contribution in [1.29, 1.82) is 0 Å². The molecule has 2 heteroatoms. The molecule has 0 saturated heterocycles. The Morgan fingerprint density at radius 1 is 0.500 bits per heavy atom. The Morgan fingerprint density at radius 3 is 1.30 bits per heavy atom. The fourth-order valence-corrected chi connectivity index (χ4v) is 8.35. The molecule has 0 spiro atoms. The fourth-order valence-electron chi connectivity index (χ4n) is 8.35. The third-order valence-corrected chi connectivity index (χ3v) is 12.2. The van der Waals surface area contributed by atoms with E-state index in [2.05, 4.69) is 209 Å². The van der Waals surface area contributed by atoms with Crippen LogP contribution in [0.25, 0.3) is 0 Å². The maximum Gasteiger partial charge on any atom is 0.248 e. The first-order chi connectivity index (χ1) is 28.7. The summed E-state index contributed by atoms with van der Waals surface area (Å²) in [7, 11) is 0. The minimum absolute atomic E-state index is 0. The molecule has 5 rings (SSSR count). The van der Waals surface area contributed by atoms with Crippen molar-refractivity contribution in [3.8, 4) is 0 Å². The molecule has 4 saturated carbocycles. The predicted molar refractivity (Wildman–Crippen MR) is 286 cm³/mol. The van der Waals surface area contributed by atoms with E-state index in [1.807, 2.05) is 0 Å². The summed E-state index contributed by atoms with van der Waals surface area (Å²) >= 11 is 0. The Balaban J connectivity index is 0.000000773. The van der Waals surface area contributed by atoms with Gasteiger partial charge >= 0.3 is 0 Å². The van der Waals surface area contributed by atoms with Crippen LogP contribution in [-0.4, -0.2) is 5.92 Å². The average molecular weight is 892 g/mol. The van der Waals surface area contributed by atoms with E-state index in [1.165, 1.54) is 82.6 Å². The van der Waals surface area contributed by atoms with Crippen LogP contribution in [0.5, 0.6) is 0 Å². The number of halogens is 2. The second-order valence-corrected chi connectivity index (χ2v) is 26.4. The smallest absolute Gasteiger partial charge is 0.207 e. The van der Waals surface area contributed by atoms with Crippen LogP contribution in [0.2, 0.25) is 0 Å². The van der Waals surface area contributed by atoms with Gasteiger partial charge < -0.3 is 0 Å². The lowest BCUT2D eigenvalue weighted by Gasteiger charge is -2.41. The van der Waals surface area contributed by atoms with Crippen LogP contribution in [-0.2, 0) is 6.42 Å². The highest BCUT2D eigenvalue weighted by Gasteiger charge is 2.42. The third-order valence-electron chi connectivity index (χ3n) is 12.2. The van der Waals surface area contributed by atoms with Crippen molar-refractivity contribution in [2.75, 3.05) is 0 Å². The Morgan fingerprint density at radius 2 is 0.891 bits per heavy atom. The molecule has 4 fully saturated rings. The molecule has 4 aliphatic carbocycles. The Bertz CT molecular complexity index is 1460. The first-order valence-corrected chi connectivity index (χ1v) is 25.6. The SMILES string of the molecule is C.CC(C)(C)/C=C/C1CC(C(C)(F)F)C1.CC(C)(C)/C=C/C1CC(C)(C)C1.CC(C)(C)/C=C/C1CCCCC1.CC(C)(C)/C=C/CC1CCCC1.CC(C)(C)/C=C/Cc1ccccc1. The molecule has 0 bridgehead atoms. The van der Waals surface area contributed by atoms with Crippen LogP contribution in [0.3, 0.4) is 0 Å². The molecule has 1 aromatic rings. The molecule has 0 radical (unpaired) electrons. The summed E-state index contributed by atoms with van der Waals surface area (Å²) in [6, 6.07) is 10.5. The summed E-state index contributed by atoms with van der Waals surface area (Å²) in [5, 5.41) is 0. The largest absolute Gasteiger partial charge is 0.248 e. The van der Waals surface area contributed by atoms with E-state index in [1.54, 1.807) is 0 Å². The van der Waals surface area contributed by atoms with Crippen molar-refractivity contribution in [3.63, 3.8) is 0 Å². The molecule has 1 aromatic carbocycles. The summed E-state index contributed by atoms with van der Waals surface area (Å²) in [6.45, 7) is 39.1. The van der Waals surface area contributed by atoms with E-state index in [4.69, 9.17) is 0 Å². The summed E-state index contributed by atoms with van der Waals surface area (Å²) in [5.41, 5.74) is 3.57. The molecule has 0 amide bonds. The van der Waals surface area contributed by atoms with Crippen LogP contribution in [0, 0.1) is 62.1 Å². The van der Waals surface area contributed by atoms with E-state index in [-0.39, 0.29) is 12.8 Å². The molecule has 0 nitrogen and oxygen atoms in total. The van der Waals surface area contributed by atoms with Crippen molar-refractivity contribution in [1.82, 2.24) is 0 Å². The van der Waals surface area contributed by atoms with Gasteiger partial charge in [0.1, 0.15) is 0 Å². The zero-order valence-electron chi connectivity index (χ0n) is 44.9. The van der Waals surface area contributed by atoms with Crippen LogP contribution in [0.15, 0.2) is 91.1 Å². The minimum atomic E-state index is -2.48. The van der Waals surface area contributed by atoms with Gasteiger partial charge in [-0.25, -0.2) is 8.78 Å². The van der Waals surface area contributed by atoms with E-state index >= 15 is 0 Å². The maximum atomic E-state index is 12.8. The van der Waals surface area contributed by atoms with E-state index < -0.39 is 11.8 Å². The van der Waals surface area contributed by atoms with Crippen molar-refractivity contribution in [2.45, 2.75) is 234 Å². The molecule has 0 atom stereocenters. The molecule has 64 heavy (non-hydrogen) atoms. The lowest BCUT2D eigenvalue weighted by Crippen LogP contribution is -2.35. The molecular weight excluding hydrogens is 783 g/mol. The van der Waals surface area contributed by atoms with Crippen molar-refractivity contribution >= 4 is 0 Å². The molecule has 0 unspecified atom stereocenters. The summed E-state index contributed by atoms with van der Waals surface area (Å²) < 4.78 is 25.6. The van der Waals surface area contributed by atoms with Gasteiger partial charge in [-0.05, 0) is 120 Å². The Hall–Kier alpha value is -2.22. The highest BCUT2D eigenvalue weighted by atomic mass is 19.3. The Labute approximate surface area is 400 Å². The van der Waals surface area contributed by atoms with Gasteiger partial charge in [0.05, 0.1) is 0 Å². The van der Waals surface area contributed by atoms with E-state index in [9.17, 15) is 8.78 Å². The highest BCUT2D eigenvalue weighted by Crippen LogP contribution is 2.46. The van der Waals surface area contributed by atoms with Gasteiger partial charge in [0, 0.05) is 5.92 Å². The van der Waals surface area contributed by atoms with E-state index in [0.29, 0.717) is 45.8 Å². The number of hydrogen-bond donors (Lipinski definition) is 0. The molecule has 0 aliphatic heterocycles. The summed E-state index contributed by atoms with van der Waals surface area (Å²) in [4.78, 5) is 0. The van der Waals surface area contributed by atoms with Gasteiger partial charge in [0.2, 0.25) is 5.92 Å². The standard InChI is InChI=1S/C13H18.C12H20F2.3C12H22.CH4/c1-13(2,3)11-7-10-12-8-5-4-6-9-12;1-11(2,3)6-5-9-7-10(8-9)12(4,13)14;1-11(2,3)7-6-10-8-12(4,5)9-10;1-12(2,3)10-6-9-11-7-4-5-8-11;1-12(2,3)10-9-11-7-5-4-6-8-11;/h4-9,11H,10H2,1-3H3;5-6,9-10H,7-8H2,1-4H3;6-7,10H,8-9H2,1-5H3;6,10-11H,4-5,7-9H2,1-3H3;9-11H,4-8H2,1-3H3;1H4/b11-7+;6-5+;7-6+;10-6+;10-9+;. The van der Waals surface area contributed by atoms with Gasteiger partial charge in [0.25, 0.3) is 0 Å². The van der Waals surface area contributed by atoms with E-state index in [0.717, 1.165) is 31.1 Å². The lowest BCUT2D eigenvalue weighted by atomic mass is 9.64. The second kappa shape index (κ2) is 28.2. The number of hydrogen-bond acceptors (Lipinski definition) is 0. The minimum Gasteiger partial charge on any atom is -0.207 e. The van der Waals surface area contributed by atoms with Crippen LogP contribution in [0.1, 0.15) is 228 Å². The lowest BCUT2D eigenvalue weighted by molar-refractivity contribution is -0.0825. The maximum absolute atomic E-state index is 12.8. The number of allylic oxidation sites excluding steroid dienone is 10. The van der Waals surface area contributed by atoms with Crippen LogP contribution < -0.4 is 0 Å². The number of benzene rings is 1. The first kappa shape index (κ1) is 61.8. The molecular formula is C62H108F2.